The summed E-state index contributed by atoms with van der Waals surface area (Å²) in [5.41, 5.74) is 5.42. The third kappa shape index (κ3) is 4.04. The number of benzene rings is 8. The molecule has 0 radical (unpaired) electrons. The molecule has 42 heavy (non-hydrogen) atoms. The van der Waals surface area contributed by atoms with Gasteiger partial charge in [-0.25, -0.2) is 0 Å². The van der Waals surface area contributed by atoms with Crippen molar-refractivity contribution in [3.05, 3.63) is 170 Å². The van der Waals surface area contributed by atoms with E-state index in [1.807, 2.05) is 0 Å². The smallest absolute Gasteiger partial charge is 0.187 e. The van der Waals surface area contributed by atoms with Crippen LogP contribution in [0.3, 0.4) is 0 Å². The van der Waals surface area contributed by atoms with E-state index in [2.05, 4.69) is 170 Å². The zero-order chi connectivity index (χ0) is 27.2. The minimum atomic E-state index is -1.67. The summed E-state index contributed by atoms with van der Waals surface area (Å²) in [5.74, 6) is 0. The fraction of sp³-hybridized carbons (Fsp3) is 0. The average Bonchev–Trinajstić information content (AvgIpc) is 3.05. The minimum Gasteiger partial charge on any atom is -0.187 e. The summed E-state index contributed by atoms with van der Waals surface area (Å²) >= 11 is 0. The van der Waals surface area contributed by atoms with Gasteiger partial charge >= 0.3 is 29.6 Å². The second-order valence-electron chi connectivity index (χ2n) is 11.1. The summed E-state index contributed by atoms with van der Waals surface area (Å²) in [5, 5.41) is 10.2. The molecule has 8 aromatic rings. The molecule has 0 bridgehead atoms. The molecule has 0 fully saturated rings. The Bertz CT molecular complexity index is 1890. The van der Waals surface area contributed by atoms with Crippen LogP contribution in [0, 0.1) is 0 Å². The van der Waals surface area contributed by atoms with E-state index in [4.69, 9.17) is 0 Å². The predicted octanol–water partition coefficient (Wildman–Crippen LogP) is 4.68. The third-order valence-corrected chi connectivity index (χ3v) is 9.16. The first-order chi connectivity index (χ1) is 20.4. The Balaban J connectivity index is 0.00000288. The molecule has 0 aliphatic heterocycles. The van der Waals surface area contributed by atoms with Crippen molar-refractivity contribution in [1.29, 1.82) is 0 Å². The summed E-state index contributed by atoms with van der Waals surface area (Å²) in [7, 11) is 0. The minimum absolute atomic E-state index is 0. The Morgan fingerprint density at radius 3 is 0.714 bits per heavy atom. The van der Waals surface area contributed by atoms with Gasteiger partial charge in [-0.2, -0.15) is 21.9 Å². The van der Waals surface area contributed by atoms with E-state index in [0.717, 1.165) is 0 Å². The standard InChI is InChI=1S/C40H28B.Na/c1-5-21-33-29(13-1)17-9-25-37(33)41(38-26-10-18-30-14-2-6-22-34(30)38,39-27-11-19-31-15-3-7-23-35(31)39)40-28-12-20-32-16-4-8-24-36(32)40;/h1-28H;/q-1;+1. The van der Waals surface area contributed by atoms with E-state index >= 15 is 0 Å². The Morgan fingerprint density at radius 1 is 0.238 bits per heavy atom. The Kier molecular flexibility index (Phi) is 6.96. The molecule has 0 atom stereocenters. The molecular weight excluding hydrogens is 514 g/mol. The fourth-order valence-electron chi connectivity index (χ4n) is 7.52. The third-order valence-electron chi connectivity index (χ3n) is 9.16. The van der Waals surface area contributed by atoms with E-state index in [1.165, 1.54) is 64.9 Å². The van der Waals surface area contributed by atoms with Crippen molar-refractivity contribution in [2.24, 2.45) is 0 Å². The van der Waals surface area contributed by atoms with E-state index in [1.54, 1.807) is 0 Å². The van der Waals surface area contributed by atoms with E-state index in [9.17, 15) is 0 Å². The van der Waals surface area contributed by atoms with Crippen LogP contribution in [0.5, 0.6) is 0 Å². The Hall–Kier alpha value is -4.14. The average molecular weight is 542 g/mol. The monoisotopic (exact) mass is 542 g/mol. The SMILES string of the molecule is [Na+].c1ccc2c([B-](c3cccc4ccccc34)(c3cccc4ccccc34)c3cccc4ccccc34)cccc2c1. The molecule has 2 heteroatoms. The van der Waals surface area contributed by atoms with Crippen LogP contribution < -0.4 is 51.4 Å². The molecule has 0 nitrogen and oxygen atoms in total. The van der Waals surface area contributed by atoms with Gasteiger partial charge < -0.3 is 0 Å². The van der Waals surface area contributed by atoms with E-state index in [0.29, 0.717) is 0 Å². The van der Waals surface area contributed by atoms with Gasteiger partial charge in [0.25, 0.3) is 0 Å². The normalized spacial score (nSPS) is 11.6. The van der Waals surface area contributed by atoms with Gasteiger partial charge in [0.1, 0.15) is 6.15 Å². The molecule has 0 aliphatic carbocycles. The van der Waals surface area contributed by atoms with Crippen molar-refractivity contribution in [3.63, 3.8) is 0 Å². The largest absolute Gasteiger partial charge is 1.00 e. The van der Waals surface area contributed by atoms with Crippen molar-refractivity contribution in [1.82, 2.24) is 0 Å². The number of hydrogen-bond donors (Lipinski definition) is 0. The summed E-state index contributed by atoms with van der Waals surface area (Å²) in [6.07, 6.45) is -1.67. The van der Waals surface area contributed by atoms with Crippen LogP contribution in [0.25, 0.3) is 43.1 Å². The zero-order valence-corrected chi connectivity index (χ0v) is 25.7. The predicted molar refractivity (Wildman–Crippen MR) is 180 cm³/mol. The summed E-state index contributed by atoms with van der Waals surface area (Å²) in [6, 6.07) is 63.0. The maximum Gasteiger partial charge on any atom is 1.00 e. The first kappa shape index (κ1) is 26.7. The van der Waals surface area contributed by atoms with Gasteiger partial charge in [-0.15, -0.1) is 0 Å². The molecule has 0 amide bonds. The molecular formula is C40H28BNa. The van der Waals surface area contributed by atoms with E-state index in [-0.39, 0.29) is 29.6 Å². The van der Waals surface area contributed by atoms with Crippen molar-refractivity contribution >= 4 is 71.1 Å². The van der Waals surface area contributed by atoms with E-state index < -0.39 is 6.15 Å². The van der Waals surface area contributed by atoms with Crippen molar-refractivity contribution in [2.45, 2.75) is 0 Å². The zero-order valence-electron chi connectivity index (χ0n) is 23.7. The van der Waals surface area contributed by atoms with Crippen LogP contribution in [0.15, 0.2) is 170 Å². The summed E-state index contributed by atoms with van der Waals surface area (Å²) in [6.45, 7) is 0. The topological polar surface area (TPSA) is 0 Å². The van der Waals surface area contributed by atoms with Crippen LogP contribution in [0.2, 0.25) is 0 Å². The molecule has 0 heterocycles. The molecule has 0 N–H and O–H groups in total. The van der Waals surface area contributed by atoms with Crippen molar-refractivity contribution in [3.8, 4) is 0 Å². The molecule has 0 spiro atoms. The molecule has 0 aliphatic rings. The molecule has 0 saturated heterocycles. The number of hydrogen-bond acceptors (Lipinski definition) is 0. The summed E-state index contributed by atoms with van der Waals surface area (Å²) in [4.78, 5) is 0. The van der Waals surface area contributed by atoms with Crippen LogP contribution in [0.1, 0.15) is 0 Å². The van der Waals surface area contributed by atoms with Gasteiger partial charge in [-0.3, -0.25) is 0 Å². The second-order valence-corrected chi connectivity index (χ2v) is 11.1. The molecule has 0 unspecified atom stereocenters. The Labute approximate surface area is 268 Å². The van der Waals surface area contributed by atoms with Crippen molar-refractivity contribution < 1.29 is 29.6 Å². The van der Waals surface area contributed by atoms with Gasteiger partial charge in [0.15, 0.2) is 0 Å². The first-order valence-corrected chi connectivity index (χ1v) is 14.4. The maximum absolute atomic E-state index is 2.38. The maximum atomic E-state index is 2.38. The first-order valence-electron chi connectivity index (χ1n) is 14.4. The van der Waals surface area contributed by atoms with Gasteiger partial charge in [-0.1, -0.05) is 191 Å². The van der Waals surface area contributed by atoms with Gasteiger partial charge in [0.05, 0.1) is 0 Å². The Morgan fingerprint density at radius 2 is 0.452 bits per heavy atom. The van der Waals surface area contributed by atoms with Gasteiger partial charge in [-0.05, 0) is 21.5 Å². The van der Waals surface area contributed by atoms with Crippen LogP contribution in [-0.4, -0.2) is 6.15 Å². The molecule has 0 saturated carbocycles. The van der Waals surface area contributed by atoms with Crippen LogP contribution >= 0.6 is 0 Å². The fourth-order valence-corrected chi connectivity index (χ4v) is 7.52. The van der Waals surface area contributed by atoms with Crippen LogP contribution in [-0.2, 0) is 0 Å². The molecule has 8 aromatic carbocycles. The second kappa shape index (κ2) is 10.9. The molecule has 192 valence electrons. The van der Waals surface area contributed by atoms with Gasteiger partial charge in [0.2, 0.25) is 0 Å². The van der Waals surface area contributed by atoms with Crippen molar-refractivity contribution in [2.75, 3.05) is 0 Å². The number of fused-ring (bicyclic) bond motifs is 4. The number of rotatable bonds is 4. The molecule has 8 rings (SSSR count). The summed E-state index contributed by atoms with van der Waals surface area (Å²) < 4.78 is 0. The van der Waals surface area contributed by atoms with Gasteiger partial charge in [0, 0.05) is 0 Å². The quantitative estimate of drug-likeness (QED) is 0.284. The molecule has 0 aromatic heterocycles. The van der Waals surface area contributed by atoms with Crippen LogP contribution in [0.4, 0.5) is 0 Å².